The first-order valence-corrected chi connectivity index (χ1v) is 11.8. The highest BCUT2D eigenvalue weighted by Crippen LogP contribution is 2.36. The third kappa shape index (κ3) is 5.50. The van der Waals surface area contributed by atoms with Crippen LogP contribution in [0.1, 0.15) is 11.5 Å². The second-order valence-corrected chi connectivity index (χ2v) is 9.96. The number of anilines is 1. The second kappa shape index (κ2) is 9.26. The molecule has 7 nitrogen and oxygen atoms in total. The van der Waals surface area contributed by atoms with Crippen LogP contribution in [0.2, 0.25) is 0 Å². The van der Waals surface area contributed by atoms with Crippen molar-refractivity contribution in [2.75, 3.05) is 25.0 Å². The monoisotopic (exact) mass is 498 g/mol. The predicted octanol–water partition coefficient (Wildman–Crippen LogP) is 3.97. The zero-order valence-corrected chi connectivity index (χ0v) is 18.9. The molecule has 0 saturated carbocycles. The van der Waals surface area contributed by atoms with Gasteiger partial charge < -0.3 is 14.6 Å². The van der Waals surface area contributed by atoms with Crippen LogP contribution in [-0.2, 0) is 17.1 Å². The minimum Gasteiger partial charge on any atom is -0.406 e. The number of hydrogen-bond donors (Lipinski definition) is 1. The highest BCUT2D eigenvalue weighted by atomic mass is 32.2. The Bertz CT molecular complexity index is 1250. The Morgan fingerprint density at radius 1 is 1.15 bits per heavy atom. The first kappa shape index (κ1) is 24.0. The Morgan fingerprint density at radius 2 is 1.88 bits per heavy atom. The molecule has 12 heteroatoms. The van der Waals surface area contributed by atoms with Crippen molar-refractivity contribution in [2.24, 2.45) is 13.0 Å². The number of nitrogens with one attached hydrogen (secondary N) is 1. The minimum atomic E-state index is -4.81. The molecule has 1 saturated heterocycles. The number of sulfonamides is 1. The molecule has 0 aliphatic carbocycles. The summed E-state index contributed by atoms with van der Waals surface area (Å²) in [6.45, 7) is 0.590. The Morgan fingerprint density at radius 3 is 2.53 bits per heavy atom. The van der Waals surface area contributed by atoms with Crippen LogP contribution < -0.4 is 10.1 Å². The lowest BCUT2D eigenvalue weighted by Crippen LogP contribution is -2.30. The van der Waals surface area contributed by atoms with Gasteiger partial charge in [-0.1, -0.05) is 18.2 Å². The molecule has 2 atom stereocenters. The van der Waals surface area contributed by atoms with E-state index in [0.29, 0.717) is 5.69 Å². The fourth-order valence-corrected chi connectivity index (χ4v) is 5.52. The summed E-state index contributed by atoms with van der Waals surface area (Å²) in [7, 11) is -2.19. The molecule has 1 fully saturated rings. The fraction of sp³-hybridized carbons (Fsp3) is 0.318. The molecule has 1 aromatic heterocycles. The van der Waals surface area contributed by atoms with E-state index in [1.165, 1.54) is 51.7 Å². The van der Waals surface area contributed by atoms with Gasteiger partial charge in [0.05, 0.1) is 6.33 Å². The van der Waals surface area contributed by atoms with E-state index >= 15 is 0 Å². The molecule has 34 heavy (non-hydrogen) atoms. The molecule has 1 aliphatic rings. The predicted molar refractivity (Wildman–Crippen MR) is 116 cm³/mol. The largest absolute Gasteiger partial charge is 0.573 e. The number of nitrogens with zero attached hydrogens (tertiary/aromatic N) is 3. The summed E-state index contributed by atoms with van der Waals surface area (Å²) in [5, 5.41) is 3.01. The van der Waals surface area contributed by atoms with Crippen LogP contribution in [0.15, 0.2) is 66.1 Å². The number of benzene rings is 2. The van der Waals surface area contributed by atoms with E-state index < -0.39 is 22.2 Å². The molecule has 2 aromatic carbocycles. The van der Waals surface area contributed by atoms with Gasteiger partial charge in [-0.05, 0) is 35.7 Å². The van der Waals surface area contributed by atoms with Crippen molar-refractivity contribution in [3.8, 4) is 5.75 Å². The number of hydrogen-bond acceptors (Lipinski definition) is 5. The van der Waals surface area contributed by atoms with Gasteiger partial charge in [-0.2, -0.15) is 4.31 Å². The maximum absolute atomic E-state index is 13.5. The van der Waals surface area contributed by atoms with Crippen molar-refractivity contribution in [1.82, 2.24) is 13.9 Å². The SMILES string of the molecule is Cn1cnc(S(=O)(=O)N2CC(CNc3cccc(OC(F)(F)F)c3)C(c3ccc(F)cc3)C2)c1. The van der Waals surface area contributed by atoms with E-state index in [4.69, 9.17) is 0 Å². The summed E-state index contributed by atoms with van der Waals surface area (Å²) >= 11 is 0. The standard InChI is InChI=1S/C22H22F4N4O3S/c1-29-13-21(28-14-29)34(31,32)30-11-16(20(12-30)15-5-7-17(23)8-6-15)10-27-18-3-2-4-19(9-18)33-22(24,25)26/h2-9,13-14,16,20,27H,10-12H2,1H3. The van der Waals surface area contributed by atoms with E-state index in [2.05, 4.69) is 15.0 Å². The summed E-state index contributed by atoms with van der Waals surface area (Å²) in [6, 6.07) is 11.3. The van der Waals surface area contributed by atoms with Crippen molar-refractivity contribution < 1.29 is 30.7 Å². The van der Waals surface area contributed by atoms with Crippen molar-refractivity contribution >= 4 is 15.7 Å². The number of halogens is 4. The molecule has 1 N–H and O–H groups in total. The van der Waals surface area contributed by atoms with E-state index in [1.54, 1.807) is 25.2 Å². The summed E-state index contributed by atoms with van der Waals surface area (Å²) in [5.41, 5.74) is 1.16. The lowest BCUT2D eigenvalue weighted by Gasteiger charge is -2.20. The van der Waals surface area contributed by atoms with Crippen LogP contribution in [0.4, 0.5) is 23.2 Å². The number of rotatable bonds is 7. The van der Waals surface area contributed by atoms with Crippen LogP contribution in [0.5, 0.6) is 5.75 Å². The maximum Gasteiger partial charge on any atom is 0.573 e. The highest BCUT2D eigenvalue weighted by Gasteiger charge is 2.40. The highest BCUT2D eigenvalue weighted by molar-refractivity contribution is 7.89. The van der Waals surface area contributed by atoms with Gasteiger partial charge in [-0.25, -0.2) is 17.8 Å². The minimum absolute atomic E-state index is 0.0709. The molecule has 2 heterocycles. The second-order valence-electron chi connectivity index (χ2n) is 8.07. The van der Waals surface area contributed by atoms with Crippen molar-refractivity contribution in [1.29, 1.82) is 0 Å². The Kier molecular flexibility index (Phi) is 6.54. The number of ether oxygens (including phenoxy) is 1. The lowest BCUT2D eigenvalue weighted by atomic mass is 9.89. The van der Waals surface area contributed by atoms with Gasteiger partial charge in [0.1, 0.15) is 11.6 Å². The zero-order chi connectivity index (χ0) is 24.5. The van der Waals surface area contributed by atoms with Gasteiger partial charge in [0.25, 0.3) is 10.0 Å². The zero-order valence-electron chi connectivity index (χ0n) is 18.0. The summed E-state index contributed by atoms with van der Waals surface area (Å²) in [4.78, 5) is 3.96. The molecule has 1 aliphatic heterocycles. The van der Waals surface area contributed by atoms with E-state index in [-0.39, 0.29) is 42.2 Å². The van der Waals surface area contributed by atoms with Gasteiger partial charge in [0.15, 0.2) is 5.03 Å². The summed E-state index contributed by atoms with van der Waals surface area (Å²) in [5.74, 6) is -1.27. The number of alkyl halides is 3. The van der Waals surface area contributed by atoms with Crippen molar-refractivity contribution in [3.63, 3.8) is 0 Å². The average Bonchev–Trinajstić information content (AvgIpc) is 3.39. The van der Waals surface area contributed by atoms with Crippen LogP contribution in [0, 0.1) is 11.7 Å². The quantitative estimate of drug-likeness (QED) is 0.499. The van der Waals surface area contributed by atoms with Gasteiger partial charge in [0.2, 0.25) is 0 Å². The van der Waals surface area contributed by atoms with Gasteiger partial charge >= 0.3 is 6.36 Å². The third-order valence-corrected chi connectivity index (χ3v) is 7.34. The maximum atomic E-state index is 13.5. The van der Waals surface area contributed by atoms with Gasteiger partial charge in [-0.15, -0.1) is 13.2 Å². The molecule has 4 rings (SSSR count). The van der Waals surface area contributed by atoms with Gasteiger partial charge in [0, 0.05) is 50.6 Å². The van der Waals surface area contributed by atoms with Crippen molar-refractivity contribution in [3.05, 3.63) is 72.4 Å². The first-order valence-electron chi connectivity index (χ1n) is 10.3. The Hall–Kier alpha value is -3.12. The van der Waals surface area contributed by atoms with Crippen LogP contribution in [0.25, 0.3) is 0 Å². The van der Waals surface area contributed by atoms with E-state index in [9.17, 15) is 26.0 Å². The summed E-state index contributed by atoms with van der Waals surface area (Å²) < 4.78 is 84.1. The molecule has 0 spiro atoms. The molecule has 0 bridgehead atoms. The van der Waals surface area contributed by atoms with E-state index in [0.717, 1.165) is 5.56 Å². The lowest BCUT2D eigenvalue weighted by molar-refractivity contribution is -0.274. The number of imidazole rings is 1. The topological polar surface area (TPSA) is 76.5 Å². The number of aryl methyl sites for hydroxylation is 1. The molecule has 182 valence electrons. The normalized spacial score (nSPS) is 19.3. The van der Waals surface area contributed by atoms with Crippen LogP contribution in [0.3, 0.4) is 0 Å². The smallest absolute Gasteiger partial charge is 0.406 e. The average molecular weight is 499 g/mol. The Balaban J connectivity index is 1.55. The third-order valence-electron chi connectivity index (χ3n) is 5.63. The van der Waals surface area contributed by atoms with Gasteiger partial charge in [-0.3, -0.25) is 0 Å². The Labute approximate surface area is 194 Å². The molecular formula is C22H22F4N4O3S. The fourth-order valence-electron chi connectivity index (χ4n) is 4.03. The molecular weight excluding hydrogens is 476 g/mol. The van der Waals surface area contributed by atoms with Crippen LogP contribution in [-0.4, -0.2) is 48.3 Å². The van der Waals surface area contributed by atoms with Crippen molar-refractivity contribution in [2.45, 2.75) is 17.3 Å². The summed E-state index contributed by atoms with van der Waals surface area (Å²) in [6.07, 6.45) is -1.99. The molecule has 0 radical (unpaired) electrons. The molecule has 3 aromatic rings. The van der Waals surface area contributed by atoms with Crippen LogP contribution >= 0.6 is 0 Å². The number of aromatic nitrogens is 2. The molecule has 0 amide bonds. The first-order chi connectivity index (χ1) is 16.0. The molecule has 2 unspecified atom stereocenters. The van der Waals surface area contributed by atoms with E-state index in [1.807, 2.05) is 0 Å².